The molecule has 1 amide bonds. The first-order valence-electron chi connectivity index (χ1n) is 6.95. The van der Waals surface area contributed by atoms with Gasteiger partial charge in [-0.05, 0) is 30.9 Å². The van der Waals surface area contributed by atoms with Crippen LogP contribution in [0.25, 0.3) is 0 Å². The second kappa shape index (κ2) is 6.32. The lowest BCUT2D eigenvalue weighted by atomic mass is 10.1. The minimum absolute atomic E-state index is 0.00853. The average molecular weight is 331 g/mol. The predicted octanol–water partition coefficient (Wildman–Crippen LogP) is 2.17. The van der Waals surface area contributed by atoms with E-state index >= 15 is 0 Å². The summed E-state index contributed by atoms with van der Waals surface area (Å²) in [5, 5.41) is 3.05. The second-order valence-electron chi connectivity index (χ2n) is 5.69. The fourth-order valence-electron chi connectivity index (χ4n) is 2.35. The van der Waals surface area contributed by atoms with E-state index in [4.69, 9.17) is 11.6 Å². The summed E-state index contributed by atoms with van der Waals surface area (Å²) in [6.07, 6.45) is 1.27. The number of aromatic nitrogens is 1. The highest BCUT2D eigenvalue weighted by Crippen LogP contribution is 2.18. The van der Waals surface area contributed by atoms with Gasteiger partial charge in [-0.15, -0.1) is 0 Å². The molecule has 2 rings (SSSR count). The van der Waals surface area contributed by atoms with Crippen molar-refractivity contribution in [2.24, 2.45) is 0 Å². The van der Waals surface area contributed by atoms with Crippen LogP contribution in [0.1, 0.15) is 48.7 Å². The molecule has 1 aliphatic rings. The predicted molar refractivity (Wildman–Crippen MR) is 82.5 cm³/mol. The Morgan fingerprint density at radius 1 is 1.43 bits per heavy atom. The Morgan fingerprint density at radius 3 is 2.76 bits per heavy atom. The number of rotatable bonds is 3. The minimum atomic E-state index is -3.04. The molecule has 1 fully saturated rings. The van der Waals surface area contributed by atoms with Crippen LogP contribution in [0.5, 0.6) is 0 Å². The van der Waals surface area contributed by atoms with Crippen LogP contribution in [0.15, 0.2) is 12.1 Å². The maximum Gasteiger partial charge on any atom is 0.251 e. The van der Waals surface area contributed by atoms with Crippen molar-refractivity contribution < 1.29 is 13.2 Å². The summed E-state index contributed by atoms with van der Waals surface area (Å²) >= 11 is 5.94. The summed E-state index contributed by atoms with van der Waals surface area (Å²) in [6.45, 7) is 3.93. The Kier molecular flexibility index (Phi) is 4.88. The van der Waals surface area contributed by atoms with Crippen LogP contribution in [0.2, 0.25) is 5.15 Å². The number of nitrogens with one attached hydrogen (secondary N) is 1. The van der Waals surface area contributed by atoms with E-state index in [9.17, 15) is 13.2 Å². The molecule has 1 aromatic heterocycles. The quantitative estimate of drug-likeness (QED) is 0.862. The molecule has 1 aromatic rings. The van der Waals surface area contributed by atoms with Crippen molar-refractivity contribution in [3.63, 3.8) is 0 Å². The number of pyridine rings is 1. The van der Waals surface area contributed by atoms with E-state index in [0.717, 1.165) is 5.69 Å². The van der Waals surface area contributed by atoms with Crippen LogP contribution in [-0.2, 0) is 9.84 Å². The van der Waals surface area contributed by atoms with E-state index < -0.39 is 9.84 Å². The molecule has 21 heavy (non-hydrogen) atoms. The molecule has 7 heteroatoms. The first-order chi connectivity index (χ1) is 9.77. The van der Waals surface area contributed by atoms with Crippen molar-refractivity contribution in [1.82, 2.24) is 10.3 Å². The van der Waals surface area contributed by atoms with Gasteiger partial charge < -0.3 is 5.32 Å². The lowest BCUT2D eigenvalue weighted by Crippen LogP contribution is -2.43. The molecule has 0 aromatic carbocycles. The number of carbonyl (C=O) groups is 1. The fraction of sp³-hybridized carbons (Fsp3) is 0.571. The van der Waals surface area contributed by atoms with Crippen LogP contribution in [0, 0.1) is 0 Å². The van der Waals surface area contributed by atoms with E-state index in [0.29, 0.717) is 18.4 Å². The fourth-order valence-corrected chi connectivity index (χ4v) is 4.20. The van der Waals surface area contributed by atoms with Gasteiger partial charge in [-0.2, -0.15) is 0 Å². The standard InChI is InChI=1S/C14H19ClN2O3S/c1-9(2)12-6-10(7-13(15)17-12)14(18)16-11-4-3-5-21(19,20)8-11/h6-7,9,11H,3-5,8H2,1-2H3,(H,16,18). The number of sulfone groups is 1. The summed E-state index contributed by atoms with van der Waals surface area (Å²) < 4.78 is 23.2. The SMILES string of the molecule is CC(C)c1cc(C(=O)NC2CCCS(=O)(=O)C2)cc(Cl)n1. The maximum absolute atomic E-state index is 12.3. The number of halogens is 1. The third kappa shape index (κ3) is 4.41. The summed E-state index contributed by atoms with van der Waals surface area (Å²) in [5.74, 6) is 0.0700. The molecule has 0 bridgehead atoms. The molecular weight excluding hydrogens is 312 g/mol. The number of carbonyl (C=O) groups excluding carboxylic acids is 1. The zero-order valence-corrected chi connectivity index (χ0v) is 13.7. The van der Waals surface area contributed by atoms with E-state index in [1.54, 1.807) is 6.07 Å². The molecule has 0 saturated carbocycles. The van der Waals surface area contributed by atoms with Gasteiger partial charge in [-0.3, -0.25) is 4.79 Å². The molecular formula is C14H19ClN2O3S. The molecule has 1 N–H and O–H groups in total. The topological polar surface area (TPSA) is 76.1 Å². The van der Waals surface area contributed by atoms with Crippen LogP contribution in [0.4, 0.5) is 0 Å². The average Bonchev–Trinajstić information content (AvgIpc) is 2.36. The van der Waals surface area contributed by atoms with Crippen LogP contribution >= 0.6 is 11.6 Å². The molecule has 2 heterocycles. The molecule has 0 aliphatic carbocycles. The monoisotopic (exact) mass is 330 g/mol. The number of hydrogen-bond donors (Lipinski definition) is 1. The van der Waals surface area contributed by atoms with Gasteiger partial charge >= 0.3 is 0 Å². The van der Waals surface area contributed by atoms with Gasteiger partial charge in [0, 0.05) is 17.3 Å². The number of amides is 1. The smallest absolute Gasteiger partial charge is 0.251 e. The Morgan fingerprint density at radius 2 is 2.14 bits per heavy atom. The van der Waals surface area contributed by atoms with Gasteiger partial charge in [0.05, 0.1) is 11.5 Å². The van der Waals surface area contributed by atoms with Gasteiger partial charge in [-0.25, -0.2) is 13.4 Å². The van der Waals surface area contributed by atoms with Crippen LogP contribution < -0.4 is 5.32 Å². The van der Waals surface area contributed by atoms with Crippen molar-refractivity contribution in [1.29, 1.82) is 0 Å². The Balaban J connectivity index is 2.13. The molecule has 0 radical (unpaired) electrons. The molecule has 1 saturated heterocycles. The number of hydrogen-bond acceptors (Lipinski definition) is 4. The zero-order chi connectivity index (χ0) is 15.6. The zero-order valence-electron chi connectivity index (χ0n) is 12.1. The maximum atomic E-state index is 12.3. The van der Waals surface area contributed by atoms with E-state index in [-0.39, 0.29) is 34.5 Å². The molecule has 0 spiro atoms. The lowest BCUT2D eigenvalue weighted by molar-refractivity contribution is 0.0938. The molecule has 1 atom stereocenters. The van der Waals surface area contributed by atoms with Gasteiger partial charge in [0.2, 0.25) is 0 Å². The number of nitrogens with zero attached hydrogens (tertiary/aromatic N) is 1. The Hall–Kier alpha value is -1.14. The summed E-state index contributed by atoms with van der Waals surface area (Å²) in [6, 6.07) is 2.87. The lowest BCUT2D eigenvalue weighted by Gasteiger charge is -2.23. The Labute approximate surface area is 130 Å². The van der Waals surface area contributed by atoms with Crippen molar-refractivity contribution in [2.45, 2.75) is 38.6 Å². The third-order valence-corrected chi connectivity index (χ3v) is 5.48. The Bertz CT molecular complexity index is 644. The minimum Gasteiger partial charge on any atom is -0.348 e. The summed E-state index contributed by atoms with van der Waals surface area (Å²) in [5.41, 5.74) is 1.16. The normalized spacial score (nSPS) is 21.2. The van der Waals surface area contributed by atoms with Crippen molar-refractivity contribution >= 4 is 27.3 Å². The van der Waals surface area contributed by atoms with Gasteiger partial charge in [-0.1, -0.05) is 25.4 Å². The highest BCUT2D eigenvalue weighted by molar-refractivity contribution is 7.91. The first-order valence-corrected chi connectivity index (χ1v) is 9.15. The second-order valence-corrected chi connectivity index (χ2v) is 8.30. The van der Waals surface area contributed by atoms with E-state index in [1.165, 1.54) is 6.07 Å². The first kappa shape index (κ1) is 16.2. The van der Waals surface area contributed by atoms with E-state index in [1.807, 2.05) is 13.8 Å². The van der Waals surface area contributed by atoms with Gasteiger partial charge in [0.1, 0.15) is 5.15 Å². The molecule has 116 valence electrons. The van der Waals surface area contributed by atoms with Gasteiger partial charge in [0.25, 0.3) is 5.91 Å². The van der Waals surface area contributed by atoms with Crippen molar-refractivity contribution in [3.05, 3.63) is 28.5 Å². The highest BCUT2D eigenvalue weighted by Gasteiger charge is 2.26. The molecule has 5 nitrogen and oxygen atoms in total. The van der Waals surface area contributed by atoms with Crippen LogP contribution in [-0.4, -0.2) is 36.9 Å². The van der Waals surface area contributed by atoms with Crippen molar-refractivity contribution in [2.75, 3.05) is 11.5 Å². The van der Waals surface area contributed by atoms with E-state index in [2.05, 4.69) is 10.3 Å². The third-order valence-electron chi connectivity index (χ3n) is 3.47. The molecule has 1 aliphatic heterocycles. The van der Waals surface area contributed by atoms with Crippen LogP contribution in [0.3, 0.4) is 0 Å². The molecule has 1 unspecified atom stereocenters. The van der Waals surface area contributed by atoms with Crippen molar-refractivity contribution in [3.8, 4) is 0 Å². The largest absolute Gasteiger partial charge is 0.348 e. The van der Waals surface area contributed by atoms with Gasteiger partial charge in [0.15, 0.2) is 9.84 Å². The summed E-state index contributed by atoms with van der Waals surface area (Å²) in [4.78, 5) is 16.4. The summed E-state index contributed by atoms with van der Waals surface area (Å²) in [7, 11) is -3.04. The highest BCUT2D eigenvalue weighted by atomic mass is 35.5.